The second kappa shape index (κ2) is 6.22. The van der Waals surface area contributed by atoms with Crippen molar-refractivity contribution in [2.45, 2.75) is 38.6 Å². The smallest absolute Gasteiger partial charge is 0.221 e. The monoisotopic (exact) mass is 288 g/mol. The highest BCUT2D eigenvalue weighted by molar-refractivity contribution is 7.91. The number of nitrogens with one attached hydrogen (secondary N) is 2. The third-order valence-electron chi connectivity index (χ3n) is 4.25. The zero-order valence-electron chi connectivity index (χ0n) is 11.5. The molecule has 110 valence electrons. The maximum absolute atomic E-state index is 11.9. The van der Waals surface area contributed by atoms with E-state index in [1.165, 1.54) is 12.8 Å². The molecule has 2 saturated heterocycles. The van der Waals surface area contributed by atoms with Gasteiger partial charge in [-0.3, -0.25) is 4.79 Å². The summed E-state index contributed by atoms with van der Waals surface area (Å²) in [5.41, 5.74) is 0. The van der Waals surface area contributed by atoms with Gasteiger partial charge in [-0.2, -0.15) is 0 Å². The lowest BCUT2D eigenvalue weighted by Crippen LogP contribution is -2.44. The fourth-order valence-corrected chi connectivity index (χ4v) is 4.81. The molecule has 0 aromatic carbocycles. The van der Waals surface area contributed by atoms with E-state index in [2.05, 4.69) is 17.6 Å². The van der Waals surface area contributed by atoms with Crippen LogP contribution in [-0.4, -0.2) is 45.0 Å². The topological polar surface area (TPSA) is 75.3 Å². The third-order valence-corrected chi connectivity index (χ3v) is 6.09. The Labute approximate surface area is 115 Å². The second-order valence-corrected chi connectivity index (χ2v) is 8.19. The molecule has 2 rings (SSSR count). The number of hydrogen-bond acceptors (Lipinski definition) is 4. The summed E-state index contributed by atoms with van der Waals surface area (Å²) in [6.45, 7) is 3.66. The number of rotatable bonds is 4. The molecule has 0 spiro atoms. The SMILES string of the molecule is CC1CCCNC1CC(=O)NCC1CCS(=O)(=O)C1. The van der Waals surface area contributed by atoms with Crippen LogP contribution < -0.4 is 10.6 Å². The summed E-state index contributed by atoms with van der Waals surface area (Å²) in [5.74, 6) is 1.17. The van der Waals surface area contributed by atoms with Crippen LogP contribution in [0.2, 0.25) is 0 Å². The highest BCUT2D eigenvalue weighted by Gasteiger charge is 2.28. The quantitative estimate of drug-likeness (QED) is 0.781. The highest BCUT2D eigenvalue weighted by Crippen LogP contribution is 2.19. The molecule has 2 aliphatic rings. The first kappa shape index (κ1) is 14.8. The standard InChI is InChI=1S/C13H24N2O3S/c1-10-3-2-5-14-12(10)7-13(16)15-8-11-4-6-19(17,18)9-11/h10-12,14H,2-9H2,1H3,(H,15,16). The van der Waals surface area contributed by atoms with Gasteiger partial charge in [0.2, 0.25) is 5.91 Å². The van der Waals surface area contributed by atoms with Crippen LogP contribution >= 0.6 is 0 Å². The number of piperidine rings is 1. The van der Waals surface area contributed by atoms with E-state index in [-0.39, 0.29) is 29.4 Å². The molecule has 0 aromatic rings. The molecular formula is C13H24N2O3S. The Morgan fingerprint density at radius 3 is 2.79 bits per heavy atom. The van der Waals surface area contributed by atoms with Crippen molar-refractivity contribution in [2.24, 2.45) is 11.8 Å². The third kappa shape index (κ3) is 4.45. The van der Waals surface area contributed by atoms with E-state index in [4.69, 9.17) is 0 Å². The van der Waals surface area contributed by atoms with Crippen molar-refractivity contribution in [1.82, 2.24) is 10.6 Å². The van der Waals surface area contributed by atoms with Crippen molar-refractivity contribution in [1.29, 1.82) is 0 Å². The van der Waals surface area contributed by atoms with E-state index in [0.29, 0.717) is 25.3 Å². The van der Waals surface area contributed by atoms with Gasteiger partial charge in [0, 0.05) is 19.0 Å². The van der Waals surface area contributed by atoms with Crippen LogP contribution in [0.4, 0.5) is 0 Å². The maximum atomic E-state index is 11.9. The van der Waals surface area contributed by atoms with Crippen LogP contribution in [-0.2, 0) is 14.6 Å². The van der Waals surface area contributed by atoms with Gasteiger partial charge in [0.15, 0.2) is 9.84 Å². The molecule has 0 bridgehead atoms. The molecule has 0 radical (unpaired) electrons. The van der Waals surface area contributed by atoms with Crippen molar-refractivity contribution in [3.63, 3.8) is 0 Å². The molecule has 3 unspecified atom stereocenters. The van der Waals surface area contributed by atoms with Crippen molar-refractivity contribution >= 4 is 15.7 Å². The van der Waals surface area contributed by atoms with Crippen LogP contribution in [0.15, 0.2) is 0 Å². The maximum Gasteiger partial charge on any atom is 0.221 e. The Bertz CT molecular complexity index is 422. The summed E-state index contributed by atoms with van der Waals surface area (Å²) >= 11 is 0. The first-order chi connectivity index (χ1) is 8.96. The Morgan fingerprint density at radius 2 is 2.16 bits per heavy atom. The molecule has 1 amide bonds. The molecular weight excluding hydrogens is 264 g/mol. The van der Waals surface area contributed by atoms with Crippen molar-refractivity contribution < 1.29 is 13.2 Å². The zero-order chi connectivity index (χ0) is 13.9. The fraction of sp³-hybridized carbons (Fsp3) is 0.923. The zero-order valence-corrected chi connectivity index (χ0v) is 12.3. The van der Waals surface area contributed by atoms with E-state index in [0.717, 1.165) is 6.54 Å². The summed E-state index contributed by atoms with van der Waals surface area (Å²) in [7, 11) is -2.84. The molecule has 19 heavy (non-hydrogen) atoms. The summed E-state index contributed by atoms with van der Waals surface area (Å²) in [5, 5.41) is 6.27. The first-order valence-electron chi connectivity index (χ1n) is 7.17. The lowest BCUT2D eigenvalue weighted by atomic mass is 9.90. The van der Waals surface area contributed by atoms with Gasteiger partial charge in [-0.15, -0.1) is 0 Å². The van der Waals surface area contributed by atoms with Crippen LogP contribution in [0.25, 0.3) is 0 Å². The number of sulfone groups is 1. The summed E-state index contributed by atoms with van der Waals surface area (Å²) in [6, 6.07) is 0.265. The largest absolute Gasteiger partial charge is 0.356 e. The first-order valence-corrected chi connectivity index (χ1v) is 8.99. The Morgan fingerprint density at radius 1 is 1.37 bits per heavy atom. The Kier molecular flexibility index (Phi) is 4.84. The minimum Gasteiger partial charge on any atom is -0.356 e. The molecule has 0 aromatic heterocycles. The molecule has 0 saturated carbocycles. The normalized spacial score (nSPS) is 34.1. The van der Waals surface area contributed by atoms with Gasteiger partial charge < -0.3 is 10.6 Å². The summed E-state index contributed by atoms with van der Waals surface area (Å²) in [6.07, 6.45) is 3.53. The lowest BCUT2D eigenvalue weighted by molar-refractivity contribution is -0.122. The number of hydrogen-bond donors (Lipinski definition) is 2. The van der Waals surface area contributed by atoms with Gasteiger partial charge in [-0.1, -0.05) is 6.92 Å². The van der Waals surface area contributed by atoms with Gasteiger partial charge >= 0.3 is 0 Å². The van der Waals surface area contributed by atoms with Crippen molar-refractivity contribution in [3.8, 4) is 0 Å². The molecule has 2 fully saturated rings. The predicted octanol–water partition coefficient (Wildman–Crippen LogP) is 0.316. The molecule has 0 aliphatic carbocycles. The number of amides is 1. The van der Waals surface area contributed by atoms with Crippen LogP contribution in [0.3, 0.4) is 0 Å². The summed E-state index contributed by atoms with van der Waals surface area (Å²) < 4.78 is 22.6. The number of carbonyl (C=O) groups excluding carboxylic acids is 1. The van der Waals surface area contributed by atoms with Crippen molar-refractivity contribution in [2.75, 3.05) is 24.6 Å². The molecule has 2 aliphatic heterocycles. The molecule has 2 N–H and O–H groups in total. The molecule has 3 atom stereocenters. The second-order valence-electron chi connectivity index (χ2n) is 5.96. The minimum atomic E-state index is -2.84. The number of carbonyl (C=O) groups is 1. The summed E-state index contributed by atoms with van der Waals surface area (Å²) in [4.78, 5) is 11.9. The molecule has 5 nitrogen and oxygen atoms in total. The van der Waals surface area contributed by atoms with Crippen LogP contribution in [0.1, 0.15) is 32.6 Å². The van der Waals surface area contributed by atoms with Crippen LogP contribution in [0.5, 0.6) is 0 Å². The van der Waals surface area contributed by atoms with Gasteiger partial charge in [0.05, 0.1) is 11.5 Å². The van der Waals surface area contributed by atoms with Crippen LogP contribution in [0, 0.1) is 11.8 Å². The minimum absolute atomic E-state index is 0.0375. The Balaban J connectivity index is 1.70. The van der Waals surface area contributed by atoms with Gasteiger partial charge in [0.25, 0.3) is 0 Å². The van der Waals surface area contributed by atoms with Gasteiger partial charge in [-0.05, 0) is 37.6 Å². The van der Waals surface area contributed by atoms with E-state index in [9.17, 15) is 13.2 Å². The average Bonchev–Trinajstić information content (AvgIpc) is 2.69. The van der Waals surface area contributed by atoms with E-state index in [1.54, 1.807) is 0 Å². The van der Waals surface area contributed by atoms with Gasteiger partial charge in [-0.25, -0.2) is 8.42 Å². The fourth-order valence-electron chi connectivity index (χ4n) is 2.95. The van der Waals surface area contributed by atoms with E-state index >= 15 is 0 Å². The van der Waals surface area contributed by atoms with E-state index in [1.807, 2.05) is 0 Å². The molecule has 6 heteroatoms. The van der Waals surface area contributed by atoms with Gasteiger partial charge in [0.1, 0.15) is 0 Å². The lowest BCUT2D eigenvalue weighted by Gasteiger charge is -2.29. The predicted molar refractivity (Wildman–Crippen MR) is 74.6 cm³/mol. The van der Waals surface area contributed by atoms with Crippen molar-refractivity contribution in [3.05, 3.63) is 0 Å². The van der Waals surface area contributed by atoms with E-state index < -0.39 is 9.84 Å². The molecule has 2 heterocycles. The highest BCUT2D eigenvalue weighted by atomic mass is 32.2. The Hall–Kier alpha value is -0.620. The average molecular weight is 288 g/mol.